The number of hydrogen-bond donors (Lipinski definition) is 1. The third-order valence-electron chi connectivity index (χ3n) is 6.53. The van der Waals surface area contributed by atoms with Gasteiger partial charge in [-0.25, -0.2) is 4.39 Å². The maximum Gasteiger partial charge on any atom is 0.289 e. The van der Waals surface area contributed by atoms with Crippen LogP contribution in [0.15, 0.2) is 45.9 Å². The lowest BCUT2D eigenvalue weighted by Crippen LogP contribution is -2.49. The van der Waals surface area contributed by atoms with E-state index in [-0.39, 0.29) is 28.5 Å². The van der Waals surface area contributed by atoms with Crippen LogP contribution in [-0.4, -0.2) is 57.7 Å². The van der Waals surface area contributed by atoms with E-state index >= 15 is 4.39 Å². The van der Waals surface area contributed by atoms with Crippen molar-refractivity contribution in [3.63, 3.8) is 0 Å². The van der Waals surface area contributed by atoms with E-state index in [0.717, 1.165) is 5.01 Å². The summed E-state index contributed by atoms with van der Waals surface area (Å²) in [5, 5.41) is 11.9. The fraction of sp³-hybridized carbons (Fsp3) is 0.346. The zero-order valence-corrected chi connectivity index (χ0v) is 22.0. The van der Waals surface area contributed by atoms with Crippen LogP contribution in [-0.2, 0) is 6.54 Å². The second-order valence-electron chi connectivity index (χ2n) is 9.29. The highest BCUT2D eigenvalue weighted by molar-refractivity contribution is 7.15. The standard InChI is InChI=1S/C26H27FN6O4S/c1-4-31-14-17(23(35)28-26-30-29-24(38-26)15(2)3)22(34)16-12-18(27)20(13-19(16)31)32-7-9-33(10-8-32)25(36)21-6-5-11-37-21/h5-6,11-15H,4,7-10H2,1-3H3,(H,28,30,35). The van der Waals surface area contributed by atoms with Crippen molar-refractivity contribution >= 4 is 44.9 Å². The second-order valence-corrected chi connectivity index (χ2v) is 10.3. The van der Waals surface area contributed by atoms with Crippen LogP contribution in [0, 0.1) is 5.82 Å². The van der Waals surface area contributed by atoms with Gasteiger partial charge >= 0.3 is 0 Å². The molecule has 0 unspecified atom stereocenters. The number of nitrogens with zero attached hydrogens (tertiary/aromatic N) is 5. The van der Waals surface area contributed by atoms with Gasteiger partial charge in [-0.05, 0) is 31.2 Å². The lowest BCUT2D eigenvalue weighted by Gasteiger charge is -2.36. The Hall–Kier alpha value is -4.06. The molecule has 5 rings (SSSR count). The molecule has 0 bridgehead atoms. The third-order valence-corrected chi connectivity index (χ3v) is 7.67. The topological polar surface area (TPSA) is 114 Å². The Labute approximate surface area is 221 Å². The number of pyridine rings is 1. The summed E-state index contributed by atoms with van der Waals surface area (Å²) in [5.74, 6) is -0.951. The summed E-state index contributed by atoms with van der Waals surface area (Å²) in [6.07, 6.45) is 2.95. The van der Waals surface area contributed by atoms with Crippen molar-refractivity contribution < 1.29 is 18.4 Å². The van der Waals surface area contributed by atoms with Crippen LogP contribution in [0.2, 0.25) is 0 Å². The molecular formula is C26H27FN6O4S. The first-order chi connectivity index (χ1) is 18.3. The van der Waals surface area contributed by atoms with Crippen LogP contribution in [0.3, 0.4) is 0 Å². The molecule has 0 aliphatic carbocycles. The van der Waals surface area contributed by atoms with Gasteiger partial charge in [0, 0.05) is 50.2 Å². The summed E-state index contributed by atoms with van der Waals surface area (Å²) in [4.78, 5) is 42.3. The average Bonchev–Trinajstić information content (AvgIpc) is 3.61. The van der Waals surface area contributed by atoms with Gasteiger partial charge in [0.05, 0.1) is 17.5 Å². The molecule has 1 aliphatic heterocycles. The number of nitrogens with one attached hydrogen (secondary N) is 1. The van der Waals surface area contributed by atoms with Gasteiger partial charge in [-0.1, -0.05) is 25.2 Å². The number of hydrogen-bond acceptors (Lipinski definition) is 8. The van der Waals surface area contributed by atoms with Gasteiger partial charge in [-0.3, -0.25) is 19.7 Å². The summed E-state index contributed by atoms with van der Waals surface area (Å²) < 4.78 is 22.3. The lowest BCUT2D eigenvalue weighted by atomic mass is 10.1. The molecule has 4 aromatic rings. The molecule has 198 valence electrons. The number of carbonyl (C=O) groups excluding carboxylic acids is 2. The van der Waals surface area contributed by atoms with Crippen molar-refractivity contribution in [3.8, 4) is 0 Å². The molecular weight excluding hydrogens is 511 g/mol. The van der Waals surface area contributed by atoms with Crippen LogP contribution in [0.4, 0.5) is 15.2 Å². The number of aromatic nitrogens is 3. The lowest BCUT2D eigenvalue weighted by molar-refractivity contribution is 0.0714. The van der Waals surface area contributed by atoms with E-state index in [2.05, 4.69) is 15.5 Å². The molecule has 38 heavy (non-hydrogen) atoms. The van der Waals surface area contributed by atoms with Crippen molar-refractivity contribution in [2.75, 3.05) is 36.4 Å². The van der Waals surface area contributed by atoms with E-state index in [1.807, 2.05) is 25.7 Å². The molecule has 0 saturated carbocycles. The number of halogens is 1. The third kappa shape index (κ3) is 4.78. The van der Waals surface area contributed by atoms with Gasteiger partial charge in [0.1, 0.15) is 16.4 Å². The smallest absolute Gasteiger partial charge is 0.289 e. The molecule has 1 aliphatic rings. The van der Waals surface area contributed by atoms with Gasteiger partial charge in [-0.15, -0.1) is 10.2 Å². The minimum atomic E-state index is -0.618. The molecule has 1 N–H and O–H groups in total. The number of piperazine rings is 1. The summed E-state index contributed by atoms with van der Waals surface area (Å²) in [6, 6.07) is 6.11. The molecule has 1 fully saturated rings. The first-order valence-corrected chi connectivity index (χ1v) is 13.2. The highest BCUT2D eigenvalue weighted by Crippen LogP contribution is 2.27. The summed E-state index contributed by atoms with van der Waals surface area (Å²) in [5.41, 5.74) is 0.210. The molecule has 0 atom stereocenters. The molecule has 10 nitrogen and oxygen atoms in total. The minimum Gasteiger partial charge on any atom is -0.459 e. The van der Waals surface area contributed by atoms with Crippen molar-refractivity contribution in [2.24, 2.45) is 0 Å². The first kappa shape index (κ1) is 25.6. The molecule has 12 heteroatoms. The number of fused-ring (bicyclic) bond motifs is 1. The monoisotopic (exact) mass is 538 g/mol. The Bertz CT molecular complexity index is 1550. The number of anilines is 2. The second kappa shape index (κ2) is 10.4. The fourth-order valence-corrected chi connectivity index (χ4v) is 5.20. The zero-order chi connectivity index (χ0) is 27.0. The van der Waals surface area contributed by atoms with Crippen molar-refractivity contribution in [2.45, 2.75) is 33.2 Å². The fourth-order valence-electron chi connectivity index (χ4n) is 4.45. The normalized spacial score (nSPS) is 13.9. The van der Waals surface area contributed by atoms with E-state index in [4.69, 9.17) is 4.42 Å². The molecule has 3 aromatic heterocycles. The molecule has 4 heterocycles. The van der Waals surface area contributed by atoms with Crippen LogP contribution in [0.25, 0.3) is 10.9 Å². The van der Waals surface area contributed by atoms with E-state index in [9.17, 15) is 14.4 Å². The highest BCUT2D eigenvalue weighted by Gasteiger charge is 2.26. The predicted molar refractivity (Wildman–Crippen MR) is 143 cm³/mol. The quantitative estimate of drug-likeness (QED) is 0.396. The van der Waals surface area contributed by atoms with E-state index in [1.165, 1.54) is 29.9 Å². The minimum absolute atomic E-state index is 0.0992. The SMILES string of the molecule is CCn1cc(C(=O)Nc2nnc(C(C)C)s2)c(=O)c2cc(F)c(N3CCN(C(=O)c4ccco4)CC3)cc21. The number of amides is 2. The average molecular weight is 539 g/mol. The predicted octanol–water partition coefficient (Wildman–Crippen LogP) is 3.94. The van der Waals surface area contributed by atoms with Crippen molar-refractivity contribution in [1.82, 2.24) is 19.7 Å². The van der Waals surface area contributed by atoms with E-state index in [0.29, 0.717) is 49.1 Å². The Kier molecular flexibility index (Phi) is 6.98. The zero-order valence-electron chi connectivity index (χ0n) is 21.2. The summed E-state index contributed by atoms with van der Waals surface area (Å²) >= 11 is 1.25. The van der Waals surface area contributed by atoms with Crippen LogP contribution in [0.1, 0.15) is 52.6 Å². The first-order valence-electron chi connectivity index (χ1n) is 12.4. The van der Waals surface area contributed by atoms with Gasteiger partial charge in [0.2, 0.25) is 10.6 Å². The number of carbonyl (C=O) groups is 2. The maximum absolute atomic E-state index is 15.4. The Balaban J connectivity index is 1.41. The molecule has 1 aromatic carbocycles. The van der Waals surface area contributed by atoms with Crippen LogP contribution >= 0.6 is 11.3 Å². The maximum atomic E-state index is 15.4. The van der Waals surface area contributed by atoms with Gasteiger partial charge in [0.15, 0.2) is 5.76 Å². The van der Waals surface area contributed by atoms with Crippen molar-refractivity contribution in [3.05, 3.63) is 69.1 Å². The highest BCUT2D eigenvalue weighted by atomic mass is 32.1. The number of benzene rings is 1. The van der Waals surface area contributed by atoms with Gasteiger partial charge in [0.25, 0.3) is 11.8 Å². The summed E-state index contributed by atoms with van der Waals surface area (Å²) in [6.45, 7) is 7.94. The van der Waals surface area contributed by atoms with Gasteiger partial charge in [-0.2, -0.15) is 0 Å². The van der Waals surface area contributed by atoms with Crippen LogP contribution < -0.4 is 15.6 Å². The van der Waals surface area contributed by atoms with E-state index in [1.54, 1.807) is 27.7 Å². The number of rotatable bonds is 6. The largest absolute Gasteiger partial charge is 0.459 e. The molecule has 2 amide bonds. The van der Waals surface area contributed by atoms with Gasteiger partial charge < -0.3 is 18.8 Å². The summed E-state index contributed by atoms with van der Waals surface area (Å²) in [7, 11) is 0. The number of furan rings is 1. The Morgan fingerprint density at radius 3 is 2.58 bits per heavy atom. The van der Waals surface area contributed by atoms with Crippen molar-refractivity contribution in [1.29, 1.82) is 0 Å². The van der Waals surface area contributed by atoms with Crippen LogP contribution in [0.5, 0.6) is 0 Å². The molecule has 0 radical (unpaired) electrons. The Morgan fingerprint density at radius 1 is 1.18 bits per heavy atom. The number of aryl methyl sites for hydroxylation is 1. The van der Waals surface area contributed by atoms with E-state index < -0.39 is 17.2 Å². The molecule has 0 spiro atoms. The Morgan fingerprint density at radius 2 is 1.95 bits per heavy atom. The molecule has 1 saturated heterocycles.